The fourth-order valence-electron chi connectivity index (χ4n) is 4.32. The van der Waals surface area contributed by atoms with E-state index in [9.17, 15) is 9.59 Å². The second kappa shape index (κ2) is 12.8. The first-order valence-corrected chi connectivity index (χ1v) is 12.8. The fraction of sp³-hybridized carbons (Fsp3) is 0.333. The van der Waals surface area contributed by atoms with Crippen molar-refractivity contribution >= 4 is 23.2 Å². The van der Waals surface area contributed by atoms with Crippen LogP contribution in [0.4, 0.5) is 11.4 Å². The second-order valence-corrected chi connectivity index (χ2v) is 9.42. The van der Waals surface area contributed by atoms with E-state index in [1.165, 1.54) is 5.56 Å². The summed E-state index contributed by atoms with van der Waals surface area (Å²) in [6.07, 6.45) is 3.98. The standard InChI is InChI=1S/C30H35N3O3/c1-23-15-17-33(18-16-23)30(35)25-11-5-12-26(20-25)31-22-29(34)32-27-13-6-14-28(21-27)36-19-7-10-24-8-3-2-4-9-24/h2-6,8-9,11-14,20-21,23,31H,7,10,15-19,22H2,1H3,(H,32,34). The molecule has 0 atom stereocenters. The smallest absolute Gasteiger partial charge is 0.253 e. The molecule has 2 N–H and O–H groups in total. The number of ether oxygens (including phenoxy) is 1. The van der Waals surface area contributed by atoms with Crippen molar-refractivity contribution in [2.75, 3.05) is 36.9 Å². The van der Waals surface area contributed by atoms with Crippen molar-refractivity contribution in [3.63, 3.8) is 0 Å². The minimum Gasteiger partial charge on any atom is -0.494 e. The molecule has 0 aromatic heterocycles. The first kappa shape index (κ1) is 25.3. The van der Waals surface area contributed by atoms with Gasteiger partial charge < -0.3 is 20.3 Å². The van der Waals surface area contributed by atoms with Gasteiger partial charge in [0.25, 0.3) is 5.91 Å². The highest BCUT2D eigenvalue weighted by Gasteiger charge is 2.21. The zero-order valence-electron chi connectivity index (χ0n) is 20.9. The number of nitrogens with one attached hydrogen (secondary N) is 2. The lowest BCUT2D eigenvalue weighted by molar-refractivity contribution is -0.114. The highest BCUT2D eigenvalue weighted by atomic mass is 16.5. The van der Waals surface area contributed by atoms with E-state index in [0.29, 0.717) is 23.8 Å². The number of nitrogens with zero attached hydrogens (tertiary/aromatic N) is 1. The minimum atomic E-state index is -0.169. The Labute approximate surface area is 213 Å². The average molecular weight is 486 g/mol. The summed E-state index contributed by atoms with van der Waals surface area (Å²) in [5.74, 6) is 1.29. The Morgan fingerprint density at radius 3 is 2.47 bits per heavy atom. The molecule has 36 heavy (non-hydrogen) atoms. The van der Waals surface area contributed by atoms with Gasteiger partial charge in [-0.15, -0.1) is 0 Å². The van der Waals surface area contributed by atoms with Crippen molar-refractivity contribution in [1.82, 2.24) is 4.90 Å². The molecule has 1 heterocycles. The SMILES string of the molecule is CC1CCN(C(=O)c2cccc(NCC(=O)Nc3cccc(OCCCc4ccccc4)c3)c2)CC1. The summed E-state index contributed by atoms with van der Waals surface area (Å²) in [7, 11) is 0. The van der Waals surface area contributed by atoms with Gasteiger partial charge in [0.15, 0.2) is 0 Å². The zero-order chi connectivity index (χ0) is 25.2. The molecule has 0 radical (unpaired) electrons. The van der Waals surface area contributed by atoms with Crippen molar-refractivity contribution in [2.24, 2.45) is 5.92 Å². The van der Waals surface area contributed by atoms with Gasteiger partial charge in [0.2, 0.25) is 5.91 Å². The highest BCUT2D eigenvalue weighted by Crippen LogP contribution is 2.20. The van der Waals surface area contributed by atoms with Crippen LogP contribution in [-0.2, 0) is 11.2 Å². The maximum Gasteiger partial charge on any atom is 0.253 e. The summed E-state index contributed by atoms with van der Waals surface area (Å²) in [6.45, 7) is 4.54. The Kier molecular flexibility index (Phi) is 8.98. The van der Waals surface area contributed by atoms with Crippen LogP contribution in [0.3, 0.4) is 0 Å². The van der Waals surface area contributed by atoms with Crippen LogP contribution >= 0.6 is 0 Å². The molecule has 6 nitrogen and oxygen atoms in total. The molecule has 2 amide bonds. The van der Waals surface area contributed by atoms with Gasteiger partial charge in [0, 0.05) is 36.1 Å². The van der Waals surface area contributed by atoms with Gasteiger partial charge in [0.1, 0.15) is 5.75 Å². The van der Waals surface area contributed by atoms with Gasteiger partial charge in [-0.05, 0) is 67.5 Å². The maximum absolute atomic E-state index is 12.8. The van der Waals surface area contributed by atoms with E-state index in [4.69, 9.17) is 4.74 Å². The molecule has 0 aliphatic carbocycles. The number of likely N-dealkylation sites (tertiary alicyclic amines) is 1. The Morgan fingerprint density at radius 2 is 1.67 bits per heavy atom. The molecule has 1 aliphatic rings. The normalized spacial score (nSPS) is 13.8. The third kappa shape index (κ3) is 7.60. The van der Waals surface area contributed by atoms with Crippen LogP contribution < -0.4 is 15.4 Å². The number of rotatable bonds is 10. The van der Waals surface area contributed by atoms with Crippen molar-refractivity contribution in [1.29, 1.82) is 0 Å². The zero-order valence-corrected chi connectivity index (χ0v) is 20.9. The van der Waals surface area contributed by atoms with Crippen molar-refractivity contribution in [3.05, 3.63) is 90.0 Å². The van der Waals surface area contributed by atoms with Gasteiger partial charge in [-0.1, -0.05) is 49.4 Å². The number of aryl methyl sites for hydroxylation is 1. The van der Waals surface area contributed by atoms with Crippen molar-refractivity contribution in [3.8, 4) is 5.75 Å². The average Bonchev–Trinajstić information content (AvgIpc) is 2.91. The summed E-state index contributed by atoms with van der Waals surface area (Å²) >= 11 is 0. The van der Waals surface area contributed by atoms with Gasteiger partial charge >= 0.3 is 0 Å². The molecular weight excluding hydrogens is 450 g/mol. The van der Waals surface area contributed by atoms with Crippen molar-refractivity contribution < 1.29 is 14.3 Å². The number of carbonyl (C=O) groups is 2. The van der Waals surface area contributed by atoms with Gasteiger partial charge in [-0.3, -0.25) is 9.59 Å². The number of amides is 2. The van der Waals surface area contributed by atoms with Crippen LogP contribution in [0, 0.1) is 5.92 Å². The Bertz CT molecular complexity index is 1140. The van der Waals surface area contributed by atoms with E-state index >= 15 is 0 Å². The highest BCUT2D eigenvalue weighted by molar-refractivity contribution is 5.96. The summed E-state index contributed by atoms with van der Waals surface area (Å²) in [5.41, 5.74) is 3.38. The van der Waals surface area contributed by atoms with E-state index in [2.05, 4.69) is 29.7 Å². The second-order valence-electron chi connectivity index (χ2n) is 9.42. The van der Waals surface area contributed by atoms with Crippen LogP contribution in [0.25, 0.3) is 0 Å². The molecule has 0 bridgehead atoms. The quantitative estimate of drug-likeness (QED) is 0.366. The molecule has 188 valence electrons. The van der Waals surface area contributed by atoms with Crippen LogP contribution in [0.1, 0.15) is 42.1 Å². The molecule has 4 rings (SSSR count). The number of hydrogen-bond donors (Lipinski definition) is 2. The summed E-state index contributed by atoms with van der Waals surface area (Å²) in [5, 5.41) is 6.03. The van der Waals surface area contributed by atoms with Gasteiger partial charge in [-0.2, -0.15) is 0 Å². The van der Waals surface area contributed by atoms with E-state index in [1.807, 2.05) is 71.6 Å². The van der Waals surface area contributed by atoms with Crippen LogP contribution in [0.2, 0.25) is 0 Å². The fourth-order valence-corrected chi connectivity index (χ4v) is 4.32. The molecule has 3 aromatic rings. The predicted octanol–water partition coefficient (Wildman–Crippen LogP) is 5.62. The molecule has 0 unspecified atom stereocenters. The summed E-state index contributed by atoms with van der Waals surface area (Å²) in [4.78, 5) is 27.3. The number of carbonyl (C=O) groups excluding carboxylic acids is 2. The molecular formula is C30H35N3O3. The summed E-state index contributed by atoms with van der Waals surface area (Å²) < 4.78 is 5.87. The topological polar surface area (TPSA) is 70.7 Å². The molecule has 1 saturated heterocycles. The first-order valence-electron chi connectivity index (χ1n) is 12.8. The molecule has 0 saturated carbocycles. The van der Waals surface area contributed by atoms with E-state index in [-0.39, 0.29) is 18.4 Å². The lowest BCUT2D eigenvalue weighted by Gasteiger charge is -2.30. The number of anilines is 2. The largest absolute Gasteiger partial charge is 0.494 e. The third-order valence-corrected chi connectivity index (χ3v) is 6.47. The van der Waals surface area contributed by atoms with E-state index < -0.39 is 0 Å². The Hall–Kier alpha value is -3.80. The van der Waals surface area contributed by atoms with Crippen molar-refractivity contribution in [2.45, 2.75) is 32.6 Å². The minimum absolute atomic E-state index is 0.0515. The Balaban J connectivity index is 1.22. The van der Waals surface area contributed by atoms with E-state index in [1.54, 1.807) is 0 Å². The van der Waals surface area contributed by atoms with E-state index in [0.717, 1.165) is 50.2 Å². The number of benzene rings is 3. The molecule has 1 fully saturated rings. The molecule has 0 spiro atoms. The van der Waals surface area contributed by atoms with Gasteiger partial charge in [-0.25, -0.2) is 0 Å². The molecule has 1 aliphatic heterocycles. The molecule has 6 heteroatoms. The van der Waals surface area contributed by atoms with Crippen LogP contribution in [0.5, 0.6) is 5.75 Å². The lowest BCUT2D eigenvalue weighted by Crippen LogP contribution is -2.37. The monoisotopic (exact) mass is 485 g/mol. The first-order chi connectivity index (χ1) is 17.6. The maximum atomic E-state index is 12.8. The Morgan fingerprint density at radius 1 is 0.917 bits per heavy atom. The predicted molar refractivity (Wildman–Crippen MR) is 145 cm³/mol. The van der Waals surface area contributed by atoms with Crippen LogP contribution in [0.15, 0.2) is 78.9 Å². The molecule has 3 aromatic carbocycles. The third-order valence-electron chi connectivity index (χ3n) is 6.47. The lowest BCUT2D eigenvalue weighted by atomic mass is 9.98. The number of hydrogen-bond acceptors (Lipinski definition) is 4. The van der Waals surface area contributed by atoms with Gasteiger partial charge in [0.05, 0.1) is 13.2 Å². The van der Waals surface area contributed by atoms with Crippen LogP contribution in [-0.4, -0.2) is 43.0 Å². The summed E-state index contributed by atoms with van der Waals surface area (Å²) in [6, 6.07) is 25.1. The number of piperidine rings is 1.